The van der Waals surface area contributed by atoms with E-state index in [-0.39, 0.29) is 31.7 Å². The van der Waals surface area contributed by atoms with Gasteiger partial charge in [0.1, 0.15) is 11.8 Å². The molecule has 2 aliphatic heterocycles. The lowest BCUT2D eigenvalue weighted by molar-refractivity contribution is -0.153. The van der Waals surface area contributed by atoms with Gasteiger partial charge in [0, 0.05) is 19.6 Å². The number of rotatable bonds is 8. The molecule has 0 saturated carbocycles. The number of phenols is 1. The summed E-state index contributed by atoms with van der Waals surface area (Å²) in [6.45, 7) is 10.0. The molecule has 1 aromatic carbocycles. The number of nitrogens with one attached hydrogen (secondary N) is 2. The molecule has 36 heavy (non-hydrogen) atoms. The minimum absolute atomic E-state index is 0.0461. The smallest absolute Gasteiger partial charge is 0.478 e. The van der Waals surface area contributed by atoms with Gasteiger partial charge in [-0.05, 0) is 65.2 Å². The van der Waals surface area contributed by atoms with E-state index >= 15 is 0 Å². The summed E-state index contributed by atoms with van der Waals surface area (Å²) in [6, 6.07) is 4.74. The molecule has 2 fully saturated rings. The van der Waals surface area contributed by atoms with Gasteiger partial charge in [-0.3, -0.25) is 19.3 Å². The van der Waals surface area contributed by atoms with Crippen LogP contribution in [0.2, 0.25) is 0 Å². The number of aromatic hydroxyl groups is 1. The second-order valence-electron chi connectivity index (χ2n) is 9.98. The van der Waals surface area contributed by atoms with Crippen molar-refractivity contribution in [3.63, 3.8) is 0 Å². The fourth-order valence-corrected chi connectivity index (χ4v) is 3.99. The first-order valence-corrected chi connectivity index (χ1v) is 12.2. The van der Waals surface area contributed by atoms with Crippen molar-refractivity contribution >= 4 is 30.9 Å². The molecular formula is C24H35BN4O7. The maximum atomic E-state index is 13.1. The Kier molecular flexibility index (Phi) is 8.30. The zero-order chi connectivity index (χ0) is 26.7. The predicted molar refractivity (Wildman–Crippen MR) is 132 cm³/mol. The third kappa shape index (κ3) is 6.17. The van der Waals surface area contributed by atoms with Crippen LogP contribution in [0.1, 0.15) is 46.6 Å². The summed E-state index contributed by atoms with van der Waals surface area (Å²) in [5.41, 5.74) is -0.251. The maximum absolute atomic E-state index is 13.1. The van der Waals surface area contributed by atoms with Crippen LogP contribution < -0.4 is 10.6 Å². The summed E-state index contributed by atoms with van der Waals surface area (Å²) in [6.07, 6.45) is 0.721. The van der Waals surface area contributed by atoms with Crippen LogP contribution in [0.15, 0.2) is 24.3 Å². The number of carbonyl (C=O) groups excluding carboxylic acids is 4. The molecule has 0 unspecified atom stereocenters. The Morgan fingerprint density at radius 2 is 1.67 bits per heavy atom. The van der Waals surface area contributed by atoms with Crippen LogP contribution in [0.4, 0.5) is 4.79 Å². The van der Waals surface area contributed by atoms with Crippen LogP contribution in [0.5, 0.6) is 5.75 Å². The predicted octanol–water partition coefficient (Wildman–Crippen LogP) is 0.841. The molecule has 0 bridgehead atoms. The number of aryl methyl sites for hydroxylation is 1. The zero-order valence-corrected chi connectivity index (χ0v) is 21.5. The summed E-state index contributed by atoms with van der Waals surface area (Å²) < 4.78 is 11.8. The van der Waals surface area contributed by atoms with E-state index in [4.69, 9.17) is 9.31 Å². The number of benzene rings is 1. The molecule has 1 atom stereocenters. The third-order valence-corrected chi connectivity index (χ3v) is 6.95. The standard InChI is InChI=1S/C24H35BN4O7/c1-6-28-13-14-29(21(33)20(28)32)22(34)27-18(12-9-16-7-10-17(30)11-8-16)19(31)26-15-25-35-23(2,3)24(4,5)36-25/h7-8,10-11,18,30H,6,9,12-15H2,1-5H3,(H,26,31)(H,27,34)/t18-/m1/s1. The van der Waals surface area contributed by atoms with Gasteiger partial charge in [0.2, 0.25) is 5.91 Å². The highest BCUT2D eigenvalue weighted by Gasteiger charge is 2.51. The largest absolute Gasteiger partial charge is 0.508 e. The van der Waals surface area contributed by atoms with Crippen LogP contribution >= 0.6 is 0 Å². The van der Waals surface area contributed by atoms with Crippen molar-refractivity contribution in [2.75, 3.05) is 26.1 Å². The number of hydrogen-bond donors (Lipinski definition) is 3. The number of nitrogens with zero attached hydrogens (tertiary/aromatic N) is 2. The highest BCUT2D eigenvalue weighted by molar-refractivity contribution is 6.46. The van der Waals surface area contributed by atoms with Crippen molar-refractivity contribution in [2.45, 2.75) is 64.7 Å². The molecule has 2 saturated heterocycles. The Morgan fingerprint density at radius 1 is 1.06 bits per heavy atom. The Labute approximate surface area is 211 Å². The molecule has 0 aromatic heterocycles. The number of phenolic OH excluding ortho intramolecular Hbond substituents is 1. The number of piperazine rings is 1. The van der Waals surface area contributed by atoms with E-state index in [1.165, 1.54) is 4.90 Å². The van der Waals surface area contributed by atoms with Crippen LogP contribution in [0.25, 0.3) is 0 Å². The van der Waals surface area contributed by atoms with Crippen LogP contribution in [0, 0.1) is 0 Å². The van der Waals surface area contributed by atoms with Gasteiger partial charge in [0.05, 0.1) is 17.6 Å². The lowest BCUT2D eigenvalue weighted by Crippen LogP contribution is -2.60. The quantitative estimate of drug-likeness (QED) is 0.354. The molecule has 1 aromatic rings. The summed E-state index contributed by atoms with van der Waals surface area (Å²) in [7, 11) is -0.659. The molecule has 196 valence electrons. The van der Waals surface area contributed by atoms with E-state index in [1.54, 1.807) is 31.2 Å². The van der Waals surface area contributed by atoms with E-state index in [2.05, 4.69) is 10.6 Å². The first-order chi connectivity index (χ1) is 16.8. The van der Waals surface area contributed by atoms with Crippen molar-refractivity contribution < 1.29 is 33.6 Å². The third-order valence-electron chi connectivity index (χ3n) is 6.95. The highest BCUT2D eigenvalue weighted by Crippen LogP contribution is 2.36. The molecule has 0 aliphatic carbocycles. The summed E-state index contributed by atoms with van der Waals surface area (Å²) in [4.78, 5) is 52.9. The Balaban J connectivity index is 1.66. The average Bonchev–Trinajstić information content (AvgIpc) is 3.03. The van der Waals surface area contributed by atoms with Gasteiger partial charge >= 0.3 is 25.0 Å². The van der Waals surface area contributed by atoms with Crippen LogP contribution in [-0.4, -0.2) is 89.1 Å². The molecule has 12 heteroatoms. The topological polar surface area (TPSA) is 138 Å². The molecule has 0 spiro atoms. The number of carbonyl (C=O) groups is 4. The maximum Gasteiger partial charge on any atom is 0.478 e. The molecule has 11 nitrogen and oxygen atoms in total. The SMILES string of the molecule is CCN1CCN(C(=O)N[C@H](CCc2ccc(O)cc2)C(=O)NCB2OC(C)(C)C(C)(C)O2)C(=O)C1=O. The van der Waals surface area contributed by atoms with Crippen molar-refractivity contribution in [1.82, 2.24) is 20.4 Å². The molecule has 0 radical (unpaired) electrons. The van der Waals surface area contributed by atoms with E-state index in [9.17, 15) is 24.3 Å². The van der Waals surface area contributed by atoms with E-state index in [0.29, 0.717) is 13.0 Å². The number of urea groups is 1. The Bertz CT molecular complexity index is 983. The number of likely N-dealkylation sites (N-methyl/N-ethyl adjacent to an activating group) is 1. The van der Waals surface area contributed by atoms with Gasteiger partial charge in [-0.2, -0.15) is 0 Å². The van der Waals surface area contributed by atoms with Crippen LogP contribution in [-0.2, 0) is 30.1 Å². The summed E-state index contributed by atoms with van der Waals surface area (Å²) in [5, 5.41) is 14.9. The van der Waals surface area contributed by atoms with Gasteiger partial charge in [-0.1, -0.05) is 12.1 Å². The summed E-state index contributed by atoms with van der Waals surface area (Å²) >= 11 is 0. The molecule has 5 amide bonds. The average molecular weight is 502 g/mol. The second kappa shape index (κ2) is 10.9. The zero-order valence-electron chi connectivity index (χ0n) is 21.5. The van der Waals surface area contributed by atoms with Gasteiger partial charge in [-0.25, -0.2) is 4.79 Å². The number of hydrogen-bond acceptors (Lipinski definition) is 7. The lowest BCUT2D eigenvalue weighted by Gasteiger charge is -2.32. The van der Waals surface area contributed by atoms with Gasteiger partial charge < -0.3 is 29.9 Å². The van der Waals surface area contributed by atoms with Crippen molar-refractivity contribution in [3.05, 3.63) is 29.8 Å². The van der Waals surface area contributed by atoms with Gasteiger partial charge in [0.25, 0.3) is 0 Å². The Morgan fingerprint density at radius 3 is 2.25 bits per heavy atom. The molecule has 2 heterocycles. The molecular weight excluding hydrogens is 467 g/mol. The highest BCUT2D eigenvalue weighted by atomic mass is 16.7. The molecule has 2 aliphatic rings. The summed E-state index contributed by atoms with van der Waals surface area (Å²) in [5.74, 6) is -2.01. The van der Waals surface area contributed by atoms with E-state index in [0.717, 1.165) is 10.5 Å². The first kappa shape index (κ1) is 27.5. The normalized spacial score (nSPS) is 19.9. The van der Waals surface area contributed by atoms with Crippen LogP contribution in [0.3, 0.4) is 0 Å². The number of imide groups is 1. The van der Waals surface area contributed by atoms with E-state index < -0.39 is 48.1 Å². The number of amides is 5. The van der Waals surface area contributed by atoms with E-state index in [1.807, 2.05) is 27.7 Å². The molecule has 3 rings (SSSR count). The monoisotopic (exact) mass is 502 g/mol. The first-order valence-electron chi connectivity index (χ1n) is 12.2. The fraction of sp³-hybridized carbons (Fsp3) is 0.583. The lowest BCUT2D eigenvalue weighted by atomic mass is 9.90. The minimum atomic E-state index is -0.985. The second-order valence-corrected chi connectivity index (χ2v) is 9.98. The molecule has 3 N–H and O–H groups in total. The fourth-order valence-electron chi connectivity index (χ4n) is 3.99. The van der Waals surface area contributed by atoms with Gasteiger partial charge in [-0.15, -0.1) is 0 Å². The van der Waals surface area contributed by atoms with Gasteiger partial charge in [0.15, 0.2) is 0 Å². The Hall–Kier alpha value is -3.12. The van der Waals surface area contributed by atoms with Crippen molar-refractivity contribution in [1.29, 1.82) is 0 Å². The van der Waals surface area contributed by atoms with Crippen molar-refractivity contribution in [2.24, 2.45) is 0 Å². The van der Waals surface area contributed by atoms with Crippen molar-refractivity contribution in [3.8, 4) is 5.75 Å². The minimum Gasteiger partial charge on any atom is -0.508 e.